The van der Waals surface area contributed by atoms with Gasteiger partial charge in [-0.15, -0.1) is 0 Å². The molecule has 1 aromatic carbocycles. The minimum atomic E-state index is -0.215. The summed E-state index contributed by atoms with van der Waals surface area (Å²) in [6.07, 6.45) is 2.19. The SMILES string of the molecule is Cc1cccc(-c2nc3c([nH]2)CC(O)CC3)c1. The lowest BCUT2D eigenvalue weighted by atomic mass is 9.99. The summed E-state index contributed by atoms with van der Waals surface area (Å²) in [6.45, 7) is 2.08. The van der Waals surface area contributed by atoms with Crippen molar-refractivity contribution in [3.05, 3.63) is 41.2 Å². The van der Waals surface area contributed by atoms with Crippen molar-refractivity contribution in [1.82, 2.24) is 9.97 Å². The van der Waals surface area contributed by atoms with E-state index in [1.807, 2.05) is 6.07 Å². The number of nitrogens with one attached hydrogen (secondary N) is 1. The second-order valence-corrected chi connectivity index (χ2v) is 4.78. The number of nitrogens with zero attached hydrogens (tertiary/aromatic N) is 1. The molecule has 1 unspecified atom stereocenters. The molecule has 17 heavy (non-hydrogen) atoms. The molecule has 3 nitrogen and oxygen atoms in total. The number of hydrogen-bond acceptors (Lipinski definition) is 2. The fraction of sp³-hybridized carbons (Fsp3) is 0.357. The van der Waals surface area contributed by atoms with Crippen molar-refractivity contribution in [2.75, 3.05) is 0 Å². The third kappa shape index (κ3) is 1.98. The summed E-state index contributed by atoms with van der Waals surface area (Å²) in [7, 11) is 0. The molecule has 1 aliphatic rings. The van der Waals surface area contributed by atoms with Crippen molar-refractivity contribution < 1.29 is 5.11 Å². The van der Waals surface area contributed by atoms with Crippen LogP contribution in [0.25, 0.3) is 11.4 Å². The van der Waals surface area contributed by atoms with Gasteiger partial charge in [-0.25, -0.2) is 4.98 Å². The van der Waals surface area contributed by atoms with Crippen molar-refractivity contribution in [2.24, 2.45) is 0 Å². The highest BCUT2D eigenvalue weighted by atomic mass is 16.3. The van der Waals surface area contributed by atoms with Crippen LogP contribution in [0.2, 0.25) is 0 Å². The lowest BCUT2D eigenvalue weighted by molar-refractivity contribution is 0.157. The molecule has 1 aliphatic carbocycles. The van der Waals surface area contributed by atoms with Crippen LogP contribution in [-0.2, 0) is 12.8 Å². The van der Waals surface area contributed by atoms with Crippen LogP contribution in [0.3, 0.4) is 0 Å². The smallest absolute Gasteiger partial charge is 0.137 e. The van der Waals surface area contributed by atoms with Crippen molar-refractivity contribution in [3.8, 4) is 11.4 Å². The maximum atomic E-state index is 9.63. The van der Waals surface area contributed by atoms with Crippen LogP contribution < -0.4 is 0 Å². The Kier molecular flexibility index (Phi) is 2.48. The van der Waals surface area contributed by atoms with Gasteiger partial charge in [0.1, 0.15) is 5.82 Å². The Bertz CT molecular complexity index is 545. The predicted octanol–water partition coefficient (Wildman–Crippen LogP) is 2.23. The lowest BCUT2D eigenvalue weighted by Crippen LogP contribution is -2.18. The highest BCUT2D eigenvalue weighted by Gasteiger charge is 2.20. The van der Waals surface area contributed by atoms with Gasteiger partial charge >= 0.3 is 0 Å². The molecule has 0 bridgehead atoms. The van der Waals surface area contributed by atoms with Crippen LogP contribution >= 0.6 is 0 Å². The number of aromatic nitrogens is 2. The van der Waals surface area contributed by atoms with Gasteiger partial charge in [-0.2, -0.15) is 0 Å². The molecular weight excluding hydrogens is 212 g/mol. The molecule has 0 fully saturated rings. The first-order chi connectivity index (χ1) is 8.22. The largest absolute Gasteiger partial charge is 0.393 e. The van der Waals surface area contributed by atoms with Gasteiger partial charge < -0.3 is 10.1 Å². The monoisotopic (exact) mass is 228 g/mol. The summed E-state index contributed by atoms with van der Waals surface area (Å²) in [5.41, 5.74) is 4.57. The highest BCUT2D eigenvalue weighted by Crippen LogP contribution is 2.24. The molecule has 0 radical (unpaired) electrons. The summed E-state index contributed by atoms with van der Waals surface area (Å²) in [5, 5.41) is 9.63. The number of aryl methyl sites for hydroxylation is 2. The first-order valence-electron chi connectivity index (χ1n) is 6.05. The Morgan fingerprint density at radius 3 is 3.12 bits per heavy atom. The third-order valence-electron chi connectivity index (χ3n) is 3.31. The number of fused-ring (bicyclic) bond motifs is 1. The number of hydrogen-bond donors (Lipinski definition) is 2. The van der Waals surface area contributed by atoms with E-state index in [1.54, 1.807) is 0 Å². The minimum absolute atomic E-state index is 0.215. The Labute approximate surface area is 101 Å². The zero-order chi connectivity index (χ0) is 11.8. The quantitative estimate of drug-likeness (QED) is 0.786. The molecule has 2 aromatic rings. The Balaban J connectivity index is 2.00. The van der Waals surface area contributed by atoms with Gasteiger partial charge in [-0.1, -0.05) is 23.8 Å². The minimum Gasteiger partial charge on any atom is -0.393 e. The number of aliphatic hydroxyl groups excluding tert-OH is 1. The number of imidazole rings is 1. The molecule has 1 aromatic heterocycles. The molecule has 1 heterocycles. The zero-order valence-corrected chi connectivity index (χ0v) is 9.90. The topological polar surface area (TPSA) is 48.9 Å². The Morgan fingerprint density at radius 2 is 2.29 bits per heavy atom. The van der Waals surface area contributed by atoms with Crippen molar-refractivity contribution in [2.45, 2.75) is 32.3 Å². The van der Waals surface area contributed by atoms with E-state index in [4.69, 9.17) is 0 Å². The number of aliphatic hydroxyl groups is 1. The van der Waals surface area contributed by atoms with E-state index in [2.05, 4.69) is 35.1 Å². The summed E-state index contributed by atoms with van der Waals surface area (Å²) in [6, 6.07) is 8.31. The molecule has 0 aliphatic heterocycles. The van der Waals surface area contributed by atoms with Crippen LogP contribution in [-0.4, -0.2) is 21.2 Å². The van der Waals surface area contributed by atoms with Gasteiger partial charge in [0.05, 0.1) is 11.8 Å². The van der Waals surface area contributed by atoms with E-state index in [1.165, 1.54) is 5.56 Å². The van der Waals surface area contributed by atoms with Crippen LogP contribution in [0.1, 0.15) is 23.4 Å². The first kappa shape index (κ1) is 10.5. The maximum absolute atomic E-state index is 9.63. The van der Waals surface area contributed by atoms with E-state index < -0.39 is 0 Å². The van der Waals surface area contributed by atoms with Gasteiger partial charge in [0.25, 0.3) is 0 Å². The molecule has 3 heteroatoms. The Morgan fingerprint density at radius 1 is 1.41 bits per heavy atom. The molecule has 0 amide bonds. The van der Waals surface area contributed by atoms with Gasteiger partial charge in [-0.3, -0.25) is 0 Å². The molecule has 0 saturated heterocycles. The molecule has 88 valence electrons. The van der Waals surface area contributed by atoms with Crippen LogP contribution in [0.5, 0.6) is 0 Å². The van der Waals surface area contributed by atoms with Gasteiger partial charge in [-0.05, 0) is 25.8 Å². The zero-order valence-electron chi connectivity index (χ0n) is 9.90. The standard InChI is InChI=1S/C14H16N2O/c1-9-3-2-4-10(7-9)14-15-12-6-5-11(17)8-13(12)16-14/h2-4,7,11,17H,5-6,8H2,1H3,(H,15,16). The predicted molar refractivity (Wildman–Crippen MR) is 66.8 cm³/mol. The highest BCUT2D eigenvalue weighted by molar-refractivity contribution is 5.57. The molecule has 0 saturated carbocycles. The lowest BCUT2D eigenvalue weighted by Gasteiger charge is -2.14. The van der Waals surface area contributed by atoms with E-state index >= 15 is 0 Å². The molecule has 1 atom stereocenters. The van der Waals surface area contributed by atoms with Crippen molar-refractivity contribution >= 4 is 0 Å². The fourth-order valence-corrected chi connectivity index (χ4v) is 2.39. The number of benzene rings is 1. The van der Waals surface area contributed by atoms with Crippen LogP contribution in [0.15, 0.2) is 24.3 Å². The van der Waals surface area contributed by atoms with Crippen molar-refractivity contribution in [3.63, 3.8) is 0 Å². The van der Waals surface area contributed by atoms with E-state index in [-0.39, 0.29) is 6.10 Å². The molecule has 0 spiro atoms. The third-order valence-corrected chi connectivity index (χ3v) is 3.31. The fourth-order valence-electron chi connectivity index (χ4n) is 2.39. The molecular formula is C14H16N2O. The average molecular weight is 228 g/mol. The summed E-state index contributed by atoms with van der Waals surface area (Å²) < 4.78 is 0. The van der Waals surface area contributed by atoms with Gasteiger partial charge in [0.15, 0.2) is 0 Å². The van der Waals surface area contributed by atoms with Crippen LogP contribution in [0, 0.1) is 6.92 Å². The number of H-pyrrole nitrogens is 1. The molecule has 2 N–H and O–H groups in total. The van der Waals surface area contributed by atoms with E-state index in [0.717, 1.165) is 35.6 Å². The van der Waals surface area contributed by atoms with E-state index in [0.29, 0.717) is 6.42 Å². The molecule has 3 rings (SSSR count). The summed E-state index contributed by atoms with van der Waals surface area (Å²) >= 11 is 0. The first-order valence-corrected chi connectivity index (χ1v) is 6.05. The van der Waals surface area contributed by atoms with Gasteiger partial charge in [0.2, 0.25) is 0 Å². The summed E-state index contributed by atoms with van der Waals surface area (Å²) in [5.74, 6) is 0.924. The van der Waals surface area contributed by atoms with Crippen LogP contribution in [0.4, 0.5) is 0 Å². The second-order valence-electron chi connectivity index (χ2n) is 4.78. The normalized spacial score (nSPS) is 19.1. The maximum Gasteiger partial charge on any atom is 0.137 e. The number of aromatic amines is 1. The Hall–Kier alpha value is -1.61. The number of rotatable bonds is 1. The van der Waals surface area contributed by atoms with Gasteiger partial charge in [0, 0.05) is 17.7 Å². The average Bonchev–Trinajstić information content (AvgIpc) is 2.72. The summed E-state index contributed by atoms with van der Waals surface area (Å²) in [4.78, 5) is 7.97. The second kappa shape index (κ2) is 4.00. The van der Waals surface area contributed by atoms with E-state index in [9.17, 15) is 5.11 Å². The van der Waals surface area contributed by atoms with Crippen molar-refractivity contribution in [1.29, 1.82) is 0 Å².